The number of hydrogen-bond donors (Lipinski definition) is 3. The third-order valence-corrected chi connectivity index (χ3v) is 7.48. The standard InChI is InChI=1S/C27H32F3N9O/c1-16-22(11-20(27(28,29)30)12-24(16)38-8-6-36(4)7-9-38)33-26(40)19-10-25(17(2)31-13-19)39-15-23(34-35-39)21-14-32-37(5)18(21)3/h10-15,34-35H,6-9H2,1-5H3,(H,33,40). The Morgan fingerprint density at radius 1 is 1.00 bits per heavy atom. The number of hydrazine groups is 2. The molecular formula is C27H32F3N9O. The summed E-state index contributed by atoms with van der Waals surface area (Å²) in [7, 11) is 3.84. The maximum atomic E-state index is 13.8. The zero-order chi connectivity index (χ0) is 28.8. The second-order valence-corrected chi connectivity index (χ2v) is 10.2. The smallest absolute Gasteiger partial charge is 0.369 e. The fourth-order valence-corrected chi connectivity index (χ4v) is 4.80. The molecule has 212 valence electrons. The van der Waals surface area contributed by atoms with Crippen LogP contribution in [0.4, 0.5) is 30.2 Å². The van der Waals surface area contributed by atoms with Crippen molar-refractivity contribution in [1.29, 1.82) is 0 Å². The fourth-order valence-electron chi connectivity index (χ4n) is 4.80. The van der Waals surface area contributed by atoms with E-state index in [4.69, 9.17) is 0 Å². The van der Waals surface area contributed by atoms with Gasteiger partial charge in [-0.3, -0.25) is 19.5 Å². The number of benzene rings is 1. The first-order valence-corrected chi connectivity index (χ1v) is 12.9. The molecule has 40 heavy (non-hydrogen) atoms. The van der Waals surface area contributed by atoms with Crippen molar-refractivity contribution in [3.05, 3.63) is 70.4 Å². The molecule has 0 radical (unpaired) electrons. The van der Waals surface area contributed by atoms with Gasteiger partial charge in [0.25, 0.3) is 5.91 Å². The molecule has 0 unspecified atom stereocenters. The Bertz CT molecular complexity index is 1470. The van der Waals surface area contributed by atoms with E-state index >= 15 is 0 Å². The summed E-state index contributed by atoms with van der Waals surface area (Å²) < 4.78 is 43.3. The molecule has 13 heteroatoms. The first-order chi connectivity index (χ1) is 18.9. The van der Waals surface area contributed by atoms with Crippen LogP contribution in [0.3, 0.4) is 0 Å². The molecule has 1 fully saturated rings. The number of piperazine rings is 1. The Kier molecular flexibility index (Phi) is 7.19. The van der Waals surface area contributed by atoms with Gasteiger partial charge in [0.15, 0.2) is 0 Å². The molecule has 3 aromatic rings. The van der Waals surface area contributed by atoms with Crippen LogP contribution >= 0.6 is 0 Å². The average Bonchev–Trinajstić information content (AvgIpc) is 3.52. The van der Waals surface area contributed by atoms with Crippen molar-refractivity contribution in [1.82, 2.24) is 30.6 Å². The average molecular weight is 556 g/mol. The zero-order valence-corrected chi connectivity index (χ0v) is 23.0. The first kappa shape index (κ1) is 27.5. The third-order valence-electron chi connectivity index (χ3n) is 7.48. The maximum Gasteiger partial charge on any atom is 0.416 e. The summed E-state index contributed by atoms with van der Waals surface area (Å²) >= 11 is 0. The Balaban J connectivity index is 1.43. The van der Waals surface area contributed by atoms with E-state index in [0.717, 1.165) is 36.1 Å². The van der Waals surface area contributed by atoms with Crippen LogP contribution in [-0.4, -0.2) is 58.8 Å². The van der Waals surface area contributed by atoms with E-state index in [1.807, 2.05) is 32.1 Å². The number of carbonyl (C=O) groups is 1. The topological polar surface area (TPSA) is 93.6 Å². The molecule has 4 heterocycles. The predicted octanol–water partition coefficient (Wildman–Crippen LogP) is 3.59. The number of amides is 1. The van der Waals surface area contributed by atoms with Gasteiger partial charge in [-0.25, -0.2) is 0 Å². The normalized spacial score (nSPS) is 16.2. The minimum Gasteiger partial charge on any atom is -0.369 e. The summed E-state index contributed by atoms with van der Waals surface area (Å²) in [6.07, 6.45) is 0.438. The monoisotopic (exact) mass is 555 g/mol. The van der Waals surface area contributed by atoms with Gasteiger partial charge >= 0.3 is 6.18 Å². The molecule has 0 spiro atoms. The number of hydrogen-bond acceptors (Lipinski definition) is 8. The molecule has 3 N–H and O–H groups in total. The van der Waals surface area contributed by atoms with Crippen molar-refractivity contribution < 1.29 is 18.0 Å². The highest BCUT2D eigenvalue weighted by Crippen LogP contribution is 2.38. The van der Waals surface area contributed by atoms with Crippen molar-refractivity contribution in [2.75, 3.05) is 48.5 Å². The third kappa shape index (κ3) is 5.34. The van der Waals surface area contributed by atoms with E-state index in [-0.39, 0.29) is 11.3 Å². The number of carbonyl (C=O) groups excluding carboxylic acids is 1. The van der Waals surface area contributed by atoms with Gasteiger partial charge in [0.1, 0.15) is 0 Å². The number of nitrogens with one attached hydrogen (secondary N) is 3. The maximum absolute atomic E-state index is 13.8. The molecule has 0 bridgehead atoms. The number of anilines is 3. The van der Waals surface area contributed by atoms with Crippen LogP contribution in [0.25, 0.3) is 5.70 Å². The summed E-state index contributed by atoms with van der Waals surface area (Å²) in [6.45, 7) is 8.17. The Labute approximate surface area is 230 Å². The number of aryl methyl sites for hydroxylation is 2. The van der Waals surface area contributed by atoms with Crippen LogP contribution < -0.4 is 26.2 Å². The quantitative estimate of drug-likeness (QED) is 0.440. The summed E-state index contributed by atoms with van der Waals surface area (Å²) in [5, 5.41) is 8.68. The van der Waals surface area contributed by atoms with Crippen LogP contribution in [0.1, 0.15) is 38.4 Å². The number of likely N-dealkylation sites (N-methyl/N-ethyl adjacent to an activating group) is 1. The van der Waals surface area contributed by atoms with Crippen molar-refractivity contribution >= 4 is 28.7 Å². The van der Waals surface area contributed by atoms with Gasteiger partial charge < -0.3 is 20.5 Å². The molecule has 0 aliphatic carbocycles. The van der Waals surface area contributed by atoms with Crippen LogP contribution in [0.15, 0.2) is 36.8 Å². The highest BCUT2D eigenvalue weighted by Gasteiger charge is 2.33. The molecule has 1 aromatic carbocycles. The lowest BCUT2D eigenvalue weighted by atomic mass is 10.0. The van der Waals surface area contributed by atoms with E-state index in [1.54, 1.807) is 35.8 Å². The number of nitrogens with zero attached hydrogens (tertiary/aromatic N) is 6. The molecule has 1 saturated heterocycles. The second-order valence-electron chi connectivity index (χ2n) is 10.2. The SMILES string of the molecule is Cc1ncc(C(=O)Nc2cc(C(F)(F)F)cc(N3CCN(C)CC3)c2C)cc1N1C=C(c2cnn(C)c2C)NN1. The summed E-state index contributed by atoms with van der Waals surface area (Å²) in [5.74, 6) is -0.556. The van der Waals surface area contributed by atoms with Gasteiger partial charge in [-0.1, -0.05) is 0 Å². The van der Waals surface area contributed by atoms with E-state index in [2.05, 4.69) is 31.3 Å². The van der Waals surface area contributed by atoms with Crippen molar-refractivity contribution in [2.45, 2.75) is 26.9 Å². The van der Waals surface area contributed by atoms with E-state index in [0.29, 0.717) is 35.7 Å². The van der Waals surface area contributed by atoms with Crippen LogP contribution in [0.2, 0.25) is 0 Å². The van der Waals surface area contributed by atoms with Gasteiger partial charge in [-0.15, -0.1) is 5.53 Å². The molecule has 0 atom stereocenters. The number of alkyl halides is 3. The molecule has 2 aliphatic heterocycles. The van der Waals surface area contributed by atoms with E-state index in [1.165, 1.54) is 12.3 Å². The zero-order valence-electron chi connectivity index (χ0n) is 23.0. The minimum atomic E-state index is -4.56. The van der Waals surface area contributed by atoms with E-state index < -0.39 is 17.6 Å². The van der Waals surface area contributed by atoms with Gasteiger partial charge in [0.05, 0.1) is 34.4 Å². The van der Waals surface area contributed by atoms with E-state index in [9.17, 15) is 18.0 Å². The molecule has 10 nitrogen and oxygen atoms in total. The van der Waals surface area contributed by atoms with Gasteiger partial charge in [0, 0.05) is 68.3 Å². The number of pyridine rings is 1. The molecule has 0 saturated carbocycles. The lowest BCUT2D eigenvalue weighted by Gasteiger charge is -2.35. The predicted molar refractivity (Wildman–Crippen MR) is 147 cm³/mol. The Morgan fingerprint density at radius 2 is 1.73 bits per heavy atom. The molecule has 1 amide bonds. The minimum absolute atomic E-state index is 0.117. The highest BCUT2D eigenvalue weighted by atomic mass is 19.4. The van der Waals surface area contributed by atoms with Crippen molar-refractivity contribution in [3.63, 3.8) is 0 Å². The lowest BCUT2D eigenvalue weighted by Crippen LogP contribution is -2.44. The summed E-state index contributed by atoms with van der Waals surface area (Å²) in [6, 6.07) is 3.81. The molecular weight excluding hydrogens is 523 g/mol. The number of aromatic nitrogens is 3. The van der Waals surface area contributed by atoms with Gasteiger partial charge in [0.2, 0.25) is 0 Å². The summed E-state index contributed by atoms with van der Waals surface area (Å²) in [4.78, 5) is 21.8. The van der Waals surface area contributed by atoms with Gasteiger partial charge in [-0.05, 0) is 51.6 Å². The second kappa shape index (κ2) is 10.5. The van der Waals surface area contributed by atoms with Crippen LogP contribution in [-0.2, 0) is 13.2 Å². The first-order valence-electron chi connectivity index (χ1n) is 12.9. The van der Waals surface area contributed by atoms with Crippen molar-refractivity contribution in [2.24, 2.45) is 7.05 Å². The lowest BCUT2D eigenvalue weighted by molar-refractivity contribution is -0.137. The molecule has 2 aliphatic rings. The largest absolute Gasteiger partial charge is 0.416 e. The summed E-state index contributed by atoms with van der Waals surface area (Å²) in [5.41, 5.74) is 10.6. The molecule has 5 rings (SSSR count). The van der Waals surface area contributed by atoms with Crippen LogP contribution in [0, 0.1) is 20.8 Å². The van der Waals surface area contributed by atoms with Crippen LogP contribution in [0.5, 0.6) is 0 Å². The highest BCUT2D eigenvalue weighted by molar-refractivity contribution is 6.05. The van der Waals surface area contributed by atoms with Gasteiger partial charge in [-0.2, -0.15) is 18.3 Å². The Morgan fingerprint density at radius 3 is 2.38 bits per heavy atom. The number of halogens is 3. The fraction of sp³-hybridized carbons (Fsp3) is 0.370. The number of rotatable bonds is 5. The Hall–Kier alpha value is -4.10. The molecule has 2 aromatic heterocycles. The van der Waals surface area contributed by atoms with Crippen molar-refractivity contribution in [3.8, 4) is 0 Å².